The molecule has 1 heterocycles. The zero-order chi connectivity index (χ0) is 12.6. The van der Waals surface area contributed by atoms with Gasteiger partial charge in [-0.25, -0.2) is 4.98 Å². The zero-order valence-corrected chi connectivity index (χ0v) is 10.5. The molecule has 0 aliphatic carbocycles. The second kappa shape index (κ2) is 3.99. The molecule has 0 atom stereocenters. The molecular formula is C9H15N3O3S. The lowest BCUT2D eigenvalue weighted by molar-refractivity contribution is -0.380. The lowest BCUT2D eigenvalue weighted by Crippen LogP contribution is -2.51. The predicted molar refractivity (Wildman–Crippen MR) is 62.8 cm³/mol. The average Bonchev–Trinajstić information content (AvgIpc) is 2.49. The number of nitrogens with one attached hydrogen (secondary N) is 1. The highest BCUT2D eigenvalue weighted by molar-refractivity contribution is 7.18. The first-order valence-corrected chi connectivity index (χ1v) is 5.56. The van der Waals surface area contributed by atoms with Crippen molar-refractivity contribution in [3.05, 3.63) is 16.3 Å². The summed E-state index contributed by atoms with van der Waals surface area (Å²) in [6.45, 7) is 6.95. The van der Waals surface area contributed by atoms with Crippen LogP contribution in [0.1, 0.15) is 27.7 Å². The number of aromatic nitrogens is 1. The summed E-state index contributed by atoms with van der Waals surface area (Å²) in [5.41, 5.74) is -1.59. The molecule has 16 heavy (non-hydrogen) atoms. The number of aliphatic hydroxyl groups is 1. The van der Waals surface area contributed by atoms with Gasteiger partial charge >= 0.3 is 5.00 Å². The van der Waals surface area contributed by atoms with Crippen molar-refractivity contribution in [1.29, 1.82) is 0 Å². The number of hydrogen-bond acceptors (Lipinski definition) is 6. The second-order valence-corrected chi connectivity index (χ2v) is 5.58. The Morgan fingerprint density at radius 1 is 1.50 bits per heavy atom. The van der Waals surface area contributed by atoms with E-state index in [1.165, 1.54) is 6.20 Å². The van der Waals surface area contributed by atoms with Gasteiger partial charge in [-0.15, -0.1) is 0 Å². The Balaban J connectivity index is 2.85. The number of rotatable bonds is 4. The first-order chi connectivity index (χ1) is 7.13. The van der Waals surface area contributed by atoms with Gasteiger partial charge in [0.1, 0.15) is 6.20 Å². The number of thiazole rings is 1. The normalized spacial score (nSPS) is 12.6. The standard InChI is InChI=1S/C9H15N3O3S/c1-8(2,9(3,4)13)11-7-10-5-6(16-7)12(14)15/h5,13H,1-4H3,(H,10,11). The summed E-state index contributed by atoms with van der Waals surface area (Å²) in [6, 6.07) is 0. The van der Waals surface area contributed by atoms with Gasteiger partial charge in [0.25, 0.3) is 0 Å². The van der Waals surface area contributed by atoms with E-state index in [2.05, 4.69) is 10.3 Å². The summed E-state index contributed by atoms with van der Waals surface area (Å²) < 4.78 is 0. The van der Waals surface area contributed by atoms with Crippen LogP contribution in [-0.4, -0.2) is 26.2 Å². The molecule has 0 saturated carbocycles. The van der Waals surface area contributed by atoms with Crippen molar-refractivity contribution in [3.8, 4) is 0 Å². The van der Waals surface area contributed by atoms with Gasteiger partial charge in [0.05, 0.1) is 16.1 Å². The van der Waals surface area contributed by atoms with Crippen LogP contribution in [0, 0.1) is 10.1 Å². The van der Waals surface area contributed by atoms with Gasteiger partial charge in [0.15, 0.2) is 5.13 Å². The maximum Gasteiger partial charge on any atom is 0.345 e. The summed E-state index contributed by atoms with van der Waals surface area (Å²) in [6.07, 6.45) is 1.20. The van der Waals surface area contributed by atoms with Crippen LogP contribution in [0.4, 0.5) is 10.1 Å². The van der Waals surface area contributed by atoms with Gasteiger partial charge in [-0.05, 0) is 39.0 Å². The Kier molecular flexibility index (Phi) is 3.20. The minimum atomic E-state index is -0.965. The zero-order valence-electron chi connectivity index (χ0n) is 9.64. The van der Waals surface area contributed by atoms with E-state index in [1.54, 1.807) is 27.7 Å². The van der Waals surface area contributed by atoms with E-state index >= 15 is 0 Å². The predicted octanol–water partition coefficient (Wildman–Crippen LogP) is 2.01. The third-order valence-electron chi connectivity index (χ3n) is 2.62. The molecule has 0 spiro atoms. The quantitative estimate of drug-likeness (QED) is 0.625. The van der Waals surface area contributed by atoms with E-state index in [-0.39, 0.29) is 5.00 Å². The van der Waals surface area contributed by atoms with Crippen LogP contribution in [-0.2, 0) is 0 Å². The Bertz CT molecular complexity index is 395. The van der Waals surface area contributed by atoms with E-state index in [0.29, 0.717) is 5.13 Å². The van der Waals surface area contributed by atoms with Gasteiger partial charge in [-0.3, -0.25) is 10.1 Å². The van der Waals surface area contributed by atoms with Gasteiger partial charge in [0, 0.05) is 0 Å². The Morgan fingerprint density at radius 3 is 2.44 bits per heavy atom. The van der Waals surface area contributed by atoms with Crippen molar-refractivity contribution < 1.29 is 10.0 Å². The number of hydrogen-bond donors (Lipinski definition) is 2. The molecule has 1 aromatic rings. The number of nitro groups is 1. The lowest BCUT2D eigenvalue weighted by atomic mass is 9.86. The van der Waals surface area contributed by atoms with Gasteiger partial charge < -0.3 is 10.4 Å². The summed E-state index contributed by atoms with van der Waals surface area (Å²) in [7, 11) is 0. The van der Waals surface area contributed by atoms with Crippen molar-refractivity contribution in [1.82, 2.24) is 4.98 Å². The largest absolute Gasteiger partial charge is 0.388 e. The third kappa shape index (κ3) is 2.67. The van der Waals surface area contributed by atoms with Crippen LogP contribution in [0.5, 0.6) is 0 Å². The summed E-state index contributed by atoms with van der Waals surface area (Å²) in [4.78, 5) is 13.9. The highest BCUT2D eigenvalue weighted by Crippen LogP contribution is 2.31. The van der Waals surface area contributed by atoms with Crippen LogP contribution >= 0.6 is 11.3 Å². The smallest absolute Gasteiger partial charge is 0.345 e. The molecule has 7 heteroatoms. The fourth-order valence-electron chi connectivity index (χ4n) is 0.828. The van der Waals surface area contributed by atoms with E-state index in [9.17, 15) is 15.2 Å². The molecule has 6 nitrogen and oxygen atoms in total. The molecule has 0 aliphatic rings. The van der Waals surface area contributed by atoms with Crippen molar-refractivity contribution in [2.75, 3.05) is 5.32 Å². The Hall–Kier alpha value is -1.21. The first-order valence-electron chi connectivity index (χ1n) is 4.74. The van der Waals surface area contributed by atoms with Crippen LogP contribution in [0.25, 0.3) is 0 Å². The molecule has 2 N–H and O–H groups in total. The molecule has 0 saturated heterocycles. The van der Waals surface area contributed by atoms with Crippen LogP contribution in [0.15, 0.2) is 6.20 Å². The maximum atomic E-state index is 10.5. The molecule has 0 radical (unpaired) electrons. The van der Waals surface area contributed by atoms with E-state index in [4.69, 9.17) is 0 Å². The number of anilines is 1. The van der Waals surface area contributed by atoms with E-state index in [1.807, 2.05) is 0 Å². The SMILES string of the molecule is CC(C)(O)C(C)(C)Nc1ncc([N+](=O)[O-])s1. The fourth-order valence-corrected chi connectivity index (χ4v) is 1.62. The highest BCUT2D eigenvalue weighted by Gasteiger charge is 2.35. The van der Waals surface area contributed by atoms with Gasteiger partial charge in [-0.1, -0.05) is 0 Å². The van der Waals surface area contributed by atoms with E-state index < -0.39 is 16.1 Å². The molecule has 0 aliphatic heterocycles. The number of nitrogens with zero attached hydrogens (tertiary/aromatic N) is 2. The monoisotopic (exact) mass is 245 g/mol. The minimum absolute atomic E-state index is 0.0194. The summed E-state index contributed by atoms with van der Waals surface area (Å²) in [5, 5.41) is 23.8. The van der Waals surface area contributed by atoms with Crippen LogP contribution in [0.3, 0.4) is 0 Å². The fraction of sp³-hybridized carbons (Fsp3) is 0.667. The molecule has 0 fully saturated rings. The van der Waals surface area contributed by atoms with Crippen LogP contribution in [0.2, 0.25) is 0 Å². The molecule has 0 amide bonds. The summed E-state index contributed by atoms with van der Waals surface area (Å²) in [5.74, 6) is 0. The molecule has 90 valence electrons. The highest BCUT2D eigenvalue weighted by atomic mass is 32.1. The van der Waals surface area contributed by atoms with Crippen molar-refractivity contribution in [2.45, 2.75) is 38.8 Å². The lowest BCUT2D eigenvalue weighted by Gasteiger charge is -2.37. The maximum absolute atomic E-state index is 10.5. The Labute approximate surface area is 97.5 Å². The molecule has 1 rings (SSSR count). The molecule has 0 unspecified atom stereocenters. The molecule has 1 aromatic heterocycles. The second-order valence-electron chi connectivity index (χ2n) is 4.57. The molecular weight excluding hydrogens is 230 g/mol. The Morgan fingerprint density at radius 2 is 2.06 bits per heavy atom. The molecule has 0 aromatic carbocycles. The molecule has 0 bridgehead atoms. The topological polar surface area (TPSA) is 88.3 Å². The minimum Gasteiger partial charge on any atom is -0.388 e. The van der Waals surface area contributed by atoms with E-state index in [0.717, 1.165) is 11.3 Å². The van der Waals surface area contributed by atoms with Crippen molar-refractivity contribution >= 4 is 21.5 Å². The van der Waals surface area contributed by atoms with Crippen LogP contribution < -0.4 is 5.32 Å². The summed E-state index contributed by atoms with van der Waals surface area (Å²) >= 11 is 0.952. The average molecular weight is 245 g/mol. The first kappa shape index (κ1) is 12.9. The van der Waals surface area contributed by atoms with Gasteiger partial charge in [0.2, 0.25) is 0 Å². The van der Waals surface area contributed by atoms with Gasteiger partial charge in [-0.2, -0.15) is 0 Å². The third-order valence-corrected chi connectivity index (χ3v) is 3.49. The van der Waals surface area contributed by atoms with Crippen molar-refractivity contribution in [2.24, 2.45) is 0 Å². The van der Waals surface area contributed by atoms with Crippen molar-refractivity contribution in [3.63, 3.8) is 0 Å².